The van der Waals surface area contributed by atoms with Crippen LogP contribution in [-0.4, -0.2) is 13.7 Å². The van der Waals surface area contributed by atoms with Crippen molar-refractivity contribution in [2.45, 2.75) is 19.8 Å². The lowest BCUT2D eigenvalue weighted by molar-refractivity contribution is 0.398. The minimum atomic E-state index is -0.881. The Hall–Kier alpha value is -1.16. The third-order valence-corrected chi connectivity index (χ3v) is 3.91. The van der Waals surface area contributed by atoms with Crippen LogP contribution in [0.4, 0.5) is 8.78 Å². The second-order valence-corrected chi connectivity index (χ2v) is 5.15. The van der Waals surface area contributed by atoms with E-state index >= 15 is 0 Å². The Balaban J connectivity index is 2.43. The molecule has 0 amide bonds. The summed E-state index contributed by atoms with van der Waals surface area (Å²) in [6.07, 6.45) is 0. The molecule has 0 radical (unpaired) electrons. The van der Waals surface area contributed by atoms with Crippen molar-refractivity contribution in [1.82, 2.24) is 0 Å². The molecule has 94 valence electrons. The lowest BCUT2D eigenvalue weighted by Gasteiger charge is -2.10. The summed E-state index contributed by atoms with van der Waals surface area (Å²) in [5.74, 6) is -0.885. The highest BCUT2D eigenvalue weighted by Gasteiger charge is 2.58. The largest absolute Gasteiger partial charge is 0.496 e. The monoisotopic (exact) mass is 241 g/mol. The molecule has 0 aromatic heterocycles. The van der Waals surface area contributed by atoms with Crippen LogP contribution in [0.5, 0.6) is 5.75 Å². The lowest BCUT2D eigenvalue weighted by atomic mass is 10.0. The zero-order chi connectivity index (χ0) is 12.8. The molecular weight excluding hydrogens is 224 g/mol. The SMILES string of the molecule is COc1cc(F)c(F)cc1[C@H]1[C@H](CN)C1(C)C. The van der Waals surface area contributed by atoms with E-state index in [1.54, 1.807) is 0 Å². The summed E-state index contributed by atoms with van der Waals surface area (Å²) in [7, 11) is 1.46. The molecule has 2 nitrogen and oxygen atoms in total. The van der Waals surface area contributed by atoms with Crippen LogP contribution < -0.4 is 10.5 Å². The molecule has 1 aromatic rings. The Kier molecular flexibility index (Phi) is 2.86. The molecular formula is C13H17F2NO. The normalized spacial score (nSPS) is 25.8. The van der Waals surface area contributed by atoms with Crippen LogP contribution in [0.1, 0.15) is 25.3 Å². The Labute approximate surface area is 99.8 Å². The van der Waals surface area contributed by atoms with Gasteiger partial charge in [0.25, 0.3) is 0 Å². The Morgan fingerprint density at radius 3 is 2.35 bits per heavy atom. The van der Waals surface area contributed by atoms with E-state index in [0.29, 0.717) is 23.8 Å². The van der Waals surface area contributed by atoms with Gasteiger partial charge in [0, 0.05) is 11.6 Å². The summed E-state index contributed by atoms with van der Waals surface area (Å²) in [6, 6.07) is 2.34. The van der Waals surface area contributed by atoms with Crippen molar-refractivity contribution < 1.29 is 13.5 Å². The number of ether oxygens (including phenoxy) is 1. The van der Waals surface area contributed by atoms with Crippen molar-refractivity contribution in [2.24, 2.45) is 17.1 Å². The number of halogens is 2. The summed E-state index contributed by atoms with van der Waals surface area (Å²) in [5, 5.41) is 0. The number of methoxy groups -OCH3 is 1. The molecule has 0 bridgehead atoms. The molecule has 0 heterocycles. The first-order valence-electron chi connectivity index (χ1n) is 5.66. The van der Waals surface area contributed by atoms with Gasteiger partial charge in [-0.05, 0) is 29.9 Å². The van der Waals surface area contributed by atoms with Gasteiger partial charge < -0.3 is 10.5 Å². The third-order valence-electron chi connectivity index (χ3n) is 3.91. The summed E-state index contributed by atoms with van der Waals surface area (Å²) >= 11 is 0. The van der Waals surface area contributed by atoms with E-state index in [-0.39, 0.29) is 11.3 Å². The van der Waals surface area contributed by atoms with Gasteiger partial charge in [0.2, 0.25) is 0 Å². The number of nitrogens with two attached hydrogens (primary N) is 1. The maximum atomic E-state index is 13.3. The first kappa shape index (κ1) is 12.3. The molecule has 1 saturated carbocycles. The van der Waals surface area contributed by atoms with Gasteiger partial charge in [-0.25, -0.2) is 8.78 Å². The molecule has 2 rings (SSSR count). The van der Waals surface area contributed by atoms with Gasteiger partial charge in [0.1, 0.15) is 5.75 Å². The fourth-order valence-corrected chi connectivity index (χ4v) is 2.77. The van der Waals surface area contributed by atoms with Crippen LogP contribution in [0.25, 0.3) is 0 Å². The number of hydrogen-bond acceptors (Lipinski definition) is 2. The van der Waals surface area contributed by atoms with Crippen molar-refractivity contribution in [3.05, 3.63) is 29.3 Å². The predicted molar refractivity (Wildman–Crippen MR) is 62.0 cm³/mol. The summed E-state index contributed by atoms with van der Waals surface area (Å²) < 4.78 is 31.5. The van der Waals surface area contributed by atoms with E-state index < -0.39 is 11.6 Å². The average molecular weight is 241 g/mol. The van der Waals surface area contributed by atoms with Gasteiger partial charge in [-0.3, -0.25) is 0 Å². The van der Waals surface area contributed by atoms with E-state index in [1.165, 1.54) is 13.2 Å². The van der Waals surface area contributed by atoms with Crippen molar-refractivity contribution in [3.8, 4) is 5.75 Å². The van der Waals surface area contributed by atoms with Crippen LogP contribution in [0, 0.1) is 23.0 Å². The minimum absolute atomic E-state index is 0.0201. The molecule has 1 aliphatic rings. The maximum Gasteiger partial charge on any atom is 0.162 e. The second kappa shape index (κ2) is 3.95. The molecule has 2 N–H and O–H groups in total. The molecule has 4 heteroatoms. The van der Waals surface area contributed by atoms with Gasteiger partial charge in [-0.15, -0.1) is 0 Å². The zero-order valence-electron chi connectivity index (χ0n) is 10.3. The highest BCUT2D eigenvalue weighted by atomic mass is 19.2. The van der Waals surface area contributed by atoms with Crippen molar-refractivity contribution >= 4 is 0 Å². The van der Waals surface area contributed by atoms with E-state index in [2.05, 4.69) is 13.8 Å². The number of benzene rings is 1. The fourth-order valence-electron chi connectivity index (χ4n) is 2.77. The van der Waals surface area contributed by atoms with Crippen LogP contribution in [0.15, 0.2) is 12.1 Å². The standard InChI is InChI=1S/C13H17F2NO/c1-13(2)8(6-16)12(13)7-4-9(14)10(15)5-11(7)17-3/h4-5,8,12H,6,16H2,1-3H3/t8-,12-/m0/s1. The van der Waals surface area contributed by atoms with Crippen LogP contribution in [0.2, 0.25) is 0 Å². The topological polar surface area (TPSA) is 35.2 Å². The van der Waals surface area contributed by atoms with Gasteiger partial charge in [-0.2, -0.15) is 0 Å². The van der Waals surface area contributed by atoms with Crippen molar-refractivity contribution in [2.75, 3.05) is 13.7 Å². The quantitative estimate of drug-likeness (QED) is 0.883. The molecule has 0 spiro atoms. The van der Waals surface area contributed by atoms with Gasteiger partial charge in [-0.1, -0.05) is 13.8 Å². The lowest BCUT2D eigenvalue weighted by Crippen LogP contribution is -2.05. The fraction of sp³-hybridized carbons (Fsp3) is 0.538. The van der Waals surface area contributed by atoms with E-state index in [9.17, 15) is 8.78 Å². The molecule has 1 fully saturated rings. The highest BCUT2D eigenvalue weighted by Crippen LogP contribution is 2.65. The molecule has 0 unspecified atom stereocenters. The van der Waals surface area contributed by atoms with Gasteiger partial charge in [0.05, 0.1) is 7.11 Å². The Morgan fingerprint density at radius 1 is 1.29 bits per heavy atom. The summed E-state index contributed by atoms with van der Waals surface area (Å²) in [6.45, 7) is 4.70. The smallest absolute Gasteiger partial charge is 0.162 e. The Bertz CT molecular complexity index is 445. The first-order valence-corrected chi connectivity index (χ1v) is 5.66. The summed E-state index contributed by atoms with van der Waals surface area (Å²) in [4.78, 5) is 0. The van der Waals surface area contributed by atoms with Gasteiger partial charge in [0.15, 0.2) is 11.6 Å². The zero-order valence-corrected chi connectivity index (χ0v) is 10.3. The third kappa shape index (κ3) is 1.80. The maximum absolute atomic E-state index is 13.3. The molecule has 0 saturated heterocycles. The first-order chi connectivity index (χ1) is 7.93. The average Bonchev–Trinajstić information content (AvgIpc) is 2.83. The molecule has 1 aromatic carbocycles. The van der Waals surface area contributed by atoms with E-state index in [4.69, 9.17) is 10.5 Å². The van der Waals surface area contributed by atoms with Crippen molar-refractivity contribution in [1.29, 1.82) is 0 Å². The predicted octanol–water partition coefficient (Wildman–Crippen LogP) is 2.67. The van der Waals surface area contributed by atoms with Crippen LogP contribution in [0.3, 0.4) is 0 Å². The van der Waals surface area contributed by atoms with Crippen LogP contribution >= 0.6 is 0 Å². The number of hydrogen-bond donors (Lipinski definition) is 1. The molecule has 17 heavy (non-hydrogen) atoms. The van der Waals surface area contributed by atoms with E-state index in [0.717, 1.165) is 6.07 Å². The van der Waals surface area contributed by atoms with Gasteiger partial charge >= 0.3 is 0 Å². The summed E-state index contributed by atoms with van der Waals surface area (Å²) in [5.41, 5.74) is 6.42. The van der Waals surface area contributed by atoms with Crippen molar-refractivity contribution in [3.63, 3.8) is 0 Å². The second-order valence-electron chi connectivity index (χ2n) is 5.15. The minimum Gasteiger partial charge on any atom is -0.496 e. The Morgan fingerprint density at radius 2 is 1.88 bits per heavy atom. The molecule has 1 aliphatic carbocycles. The van der Waals surface area contributed by atoms with E-state index in [1.807, 2.05) is 0 Å². The van der Waals surface area contributed by atoms with Crippen LogP contribution in [-0.2, 0) is 0 Å². The molecule has 2 atom stereocenters. The highest BCUT2D eigenvalue weighted by molar-refractivity contribution is 5.43. The molecule has 0 aliphatic heterocycles. The number of rotatable bonds is 3.